The van der Waals surface area contributed by atoms with Gasteiger partial charge in [-0.2, -0.15) is 0 Å². The van der Waals surface area contributed by atoms with E-state index in [1.54, 1.807) is 12.2 Å². The van der Waals surface area contributed by atoms with Crippen LogP contribution in [0.2, 0.25) is 0 Å². The first kappa shape index (κ1) is 21.4. The average molecular weight is 325 g/mol. The minimum absolute atomic E-state index is 0.395. The summed E-state index contributed by atoms with van der Waals surface area (Å²) in [6, 6.07) is -1.29. The number of carbonyl (C=O) groups excluding carboxylic acids is 1. The van der Waals surface area contributed by atoms with Crippen LogP contribution in [0.15, 0.2) is 24.3 Å². The second-order valence-electron chi connectivity index (χ2n) is 7.01. The molecule has 0 saturated carbocycles. The van der Waals surface area contributed by atoms with Crippen molar-refractivity contribution in [3.8, 4) is 0 Å². The number of hydrogen-bond donors (Lipinski definition) is 3. The fourth-order valence-electron chi connectivity index (χ4n) is 2.00. The summed E-state index contributed by atoms with van der Waals surface area (Å²) in [5.41, 5.74) is 0.395. The van der Waals surface area contributed by atoms with Gasteiger partial charge >= 0.3 is 5.97 Å². The van der Waals surface area contributed by atoms with Gasteiger partial charge in [0.25, 0.3) is 0 Å². The van der Waals surface area contributed by atoms with Crippen molar-refractivity contribution in [2.75, 3.05) is 0 Å². The highest BCUT2D eigenvalue weighted by molar-refractivity contribution is 5.91. The highest BCUT2D eigenvalue weighted by Crippen LogP contribution is 2.22. The number of unbranched alkanes of at least 4 members (excludes halogenated alkanes) is 3. The summed E-state index contributed by atoms with van der Waals surface area (Å²) < 4.78 is 0. The Morgan fingerprint density at radius 1 is 1.13 bits per heavy atom. The number of aliphatic hydroxyl groups excluding tert-OH is 1. The van der Waals surface area contributed by atoms with Crippen LogP contribution in [0.3, 0.4) is 0 Å². The average Bonchev–Trinajstić information content (AvgIpc) is 2.41. The topological polar surface area (TPSA) is 86.6 Å². The smallest absolute Gasteiger partial charge is 0.328 e. The number of carboxylic acids is 1. The van der Waals surface area contributed by atoms with Crippen molar-refractivity contribution in [3.63, 3.8) is 0 Å². The first-order valence-corrected chi connectivity index (χ1v) is 8.18. The minimum atomic E-state index is -1.29. The van der Waals surface area contributed by atoms with Crippen LogP contribution in [0.5, 0.6) is 0 Å². The molecule has 0 saturated heterocycles. The fourth-order valence-corrected chi connectivity index (χ4v) is 2.00. The van der Waals surface area contributed by atoms with Gasteiger partial charge in [0.05, 0.1) is 6.10 Å². The van der Waals surface area contributed by atoms with Crippen LogP contribution in [0, 0.1) is 5.41 Å². The maximum absolute atomic E-state index is 11.5. The van der Waals surface area contributed by atoms with Gasteiger partial charge in [0.15, 0.2) is 6.04 Å². The van der Waals surface area contributed by atoms with Gasteiger partial charge < -0.3 is 15.5 Å². The Morgan fingerprint density at radius 3 is 2.30 bits per heavy atom. The largest absolute Gasteiger partial charge is 0.480 e. The van der Waals surface area contributed by atoms with Crippen molar-refractivity contribution >= 4 is 11.9 Å². The zero-order chi connectivity index (χ0) is 17.9. The van der Waals surface area contributed by atoms with E-state index in [4.69, 9.17) is 5.11 Å². The van der Waals surface area contributed by atoms with Crippen LogP contribution in [0.1, 0.15) is 59.8 Å². The molecular formula is C18H31NO4. The van der Waals surface area contributed by atoms with E-state index in [9.17, 15) is 14.7 Å². The number of aliphatic hydroxyl groups is 1. The van der Waals surface area contributed by atoms with Gasteiger partial charge in [0.1, 0.15) is 0 Å². The van der Waals surface area contributed by atoms with Crippen molar-refractivity contribution in [1.29, 1.82) is 0 Å². The lowest BCUT2D eigenvalue weighted by Crippen LogP contribution is -2.47. The molecular weight excluding hydrogens is 294 g/mol. The lowest BCUT2D eigenvalue weighted by Gasteiger charge is -2.17. The van der Waals surface area contributed by atoms with E-state index in [1.165, 1.54) is 32.3 Å². The maximum Gasteiger partial charge on any atom is 0.328 e. The third-order valence-corrected chi connectivity index (χ3v) is 3.34. The van der Waals surface area contributed by atoms with Gasteiger partial charge in [0, 0.05) is 6.08 Å². The molecule has 0 heterocycles. The molecule has 0 spiro atoms. The van der Waals surface area contributed by atoms with E-state index < -0.39 is 24.0 Å². The molecule has 0 bridgehead atoms. The van der Waals surface area contributed by atoms with Gasteiger partial charge in [-0.25, -0.2) is 4.79 Å². The standard InChI is InChI=1S/C18H31NO4/c1-14(20)16(17(22)23)19-15(21)12-10-8-6-5-7-9-11-13-18(2,3)4/h6,8,10,12,14,16,20H,5,7,9,11,13H2,1-4H3,(H,19,21)(H,22,23)/b8-6+,12-10+. The summed E-state index contributed by atoms with van der Waals surface area (Å²) in [6.45, 7) is 8.06. The molecule has 3 N–H and O–H groups in total. The highest BCUT2D eigenvalue weighted by atomic mass is 16.4. The van der Waals surface area contributed by atoms with E-state index >= 15 is 0 Å². The Labute approximate surface area is 139 Å². The Morgan fingerprint density at radius 2 is 1.78 bits per heavy atom. The second-order valence-corrected chi connectivity index (χ2v) is 7.01. The second kappa shape index (κ2) is 11.0. The summed E-state index contributed by atoms with van der Waals surface area (Å²) >= 11 is 0. The lowest BCUT2D eigenvalue weighted by molar-refractivity contribution is -0.144. The third kappa shape index (κ3) is 12.6. The number of hydrogen-bond acceptors (Lipinski definition) is 3. The van der Waals surface area contributed by atoms with Gasteiger partial charge in [-0.1, -0.05) is 51.8 Å². The maximum atomic E-state index is 11.5. The molecule has 0 aromatic heterocycles. The van der Waals surface area contributed by atoms with Gasteiger partial charge in [0.2, 0.25) is 5.91 Å². The molecule has 0 aromatic carbocycles. The molecule has 0 aliphatic heterocycles. The molecule has 5 nitrogen and oxygen atoms in total. The quantitative estimate of drug-likeness (QED) is 0.327. The SMILES string of the molecule is CC(O)C(NC(=O)/C=C/C=C/CCCCCC(C)(C)C)C(=O)O. The predicted octanol–water partition coefficient (Wildman–Crippen LogP) is 3.05. The Bertz CT molecular complexity index is 419. The fraction of sp³-hybridized carbons (Fsp3) is 0.667. The summed E-state index contributed by atoms with van der Waals surface area (Å²) in [5.74, 6) is -1.79. The first-order chi connectivity index (χ1) is 10.6. The van der Waals surface area contributed by atoms with Crippen molar-refractivity contribution in [2.24, 2.45) is 5.41 Å². The van der Waals surface area contributed by atoms with Crippen LogP contribution < -0.4 is 5.32 Å². The Kier molecular flexibility index (Phi) is 10.2. The molecule has 132 valence electrons. The number of carbonyl (C=O) groups is 2. The summed E-state index contributed by atoms with van der Waals surface area (Å²) in [5, 5.41) is 20.3. The monoisotopic (exact) mass is 325 g/mol. The summed E-state index contributed by atoms with van der Waals surface area (Å²) in [6.07, 6.45) is 11.2. The first-order valence-electron chi connectivity index (χ1n) is 8.18. The summed E-state index contributed by atoms with van der Waals surface area (Å²) in [7, 11) is 0. The minimum Gasteiger partial charge on any atom is -0.480 e. The Balaban J connectivity index is 3.91. The van der Waals surface area contributed by atoms with Gasteiger partial charge in [-0.3, -0.25) is 4.79 Å². The van der Waals surface area contributed by atoms with Crippen molar-refractivity contribution < 1.29 is 19.8 Å². The number of aliphatic carboxylic acids is 1. The highest BCUT2D eigenvalue weighted by Gasteiger charge is 2.23. The van der Waals surface area contributed by atoms with Crippen LogP contribution in [-0.2, 0) is 9.59 Å². The van der Waals surface area contributed by atoms with Gasteiger partial charge in [-0.05, 0) is 31.6 Å². The predicted molar refractivity (Wildman–Crippen MR) is 92.1 cm³/mol. The molecule has 5 heteroatoms. The molecule has 23 heavy (non-hydrogen) atoms. The number of carboxylic acid groups (broad SMARTS) is 1. The van der Waals surface area contributed by atoms with Crippen molar-refractivity contribution in [2.45, 2.75) is 71.9 Å². The molecule has 0 aromatic rings. The zero-order valence-corrected chi connectivity index (χ0v) is 14.7. The summed E-state index contributed by atoms with van der Waals surface area (Å²) in [4.78, 5) is 22.4. The molecule has 2 unspecified atom stereocenters. The van der Waals surface area contributed by atoms with Crippen LogP contribution in [0.4, 0.5) is 0 Å². The number of amides is 1. The lowest BCUT2D eigenvalue weighted by atomic mass is 9.89. The van der Waals surface area contributed by atoms with E-state index in [0.717, 1.165) is 12.8 Å². The molecule has 1 amide bonds. The molecule has 0 fully saturated rings. The normalized spacial score (nSPS) is 15.0. The van der Waals surface area contributed by atoms with Crippen LogP contribution in [0.25, 0.3) is 0 Å². The number of nitrogens with one attached hydrogen (secondary N) is 1. The van der Waals surface area contributed by atoms with Gasteiger partial charge in [-0.15, -0.1) is 0 Å². The molecule has 0 aliphatic rings. The van der Waals surface area contributed by atoms with Crippen molar-refractivity contribution in [3.05, 3.63) is 24.3 Å². The van der Waals surface area contributed by atoms with E-state index in [2.05, 4.69) is 26.1 Å². The number of allylic oxidation sites excluding steroid dienone is 3. The zero-order valence-electron chi connectivity index (χ0n) is 14.7. The van der Waals surface area contributed by atoms with E-state index in [-0.39, 0.29) is 0 Å². The molecule has 0 rings (SSSR count). The van der Waals surface area contributed by atoms with Crippen LogP contribution >= 0.6 is 0 Å². The third-order valence-electron chi connectivity index (χ3n) is 3.34. The molecule has 0 aliphatic carbocycles. The molecule has 2 atom stereocenters. The van der Waals surface area contributed by atoms with Crippen LogP contribution in [-0.4, -0.2) is 34.2 Å². The molecule has 0 radical (unpaired) electrons. The van der Waals surface area contributed by atoms with E-state index in [1.807, 2.05) is 6.08 Å². The van der Waals surface area contributed by atoms with Crippen molar-refractivity contribution in [1.82, 2.24) is 5.32 Å². The van der Waals surface area contributed by atoms with E-state index in [0.29, 0.717) is 5.41 Å². The number of rotatable bonds is 10. The Hall–Kier alpha value is -1.62.